The average Bonchev–Trinajstić information content (AvgIpc) is 3.32. The van der Waals surface area contributed by atoms with Crippen LogP contribution < -0.4 is 4.74 Å². The topological polar surface area (TPSA) is 132 Å². The molecule has 2 aliphatic rings. The van der Waals surface area contributed by atoms with E-state index in [-0.39, 0.29) is 13.2 Å². The van der Waals surface area contributed by atoms with Gasteiger partial charge >= 0.3 is 0 Å². The maximum Gasteiger partial charge on any atom is 0.225 e. The van der Waals surface area contributed by atoms with Crippen LogP contribution in [0.1, 0.15) is 22.3 Å². The molecule has 2 fully saturated rings. The molecular formula is C28H28ClNO7. The summed E-state index contributed by atoms with van der Waals surface area (Å²) in [6.07, 6.45) is -4.20. The van der Waals surface area contributed by atoms with Crippen molar-refractivity contribution in [3.63, 3.8) is 0 Å². The quantitative estimate of drug-likeness (QED) is 0.285. The molecule has 8 nitrogen and oxygen atoms in total. The molecule has 0 aliphatic carbocycles. The van der Waals surface area contributed by atoms with Crippen LogP contribution in [0.25, 0.3) is 0 Å². The first kappa shape index (κ1) is 25.8. The van der Waals surface area contributed by atoms with Gasteiger partial charge in [-0.3, -0.25) is 0 Å². The van der Waals surface area contributed by atoms with Crippen molar-refractivity contribution >= 4 is 17.3 Å². The molecule has 37 heavy (non-hydrogen) atoms. The van der Waals surface area contributed by atoms with E-state index in [1.807, 2.05) is 54.6 Å². The van der Waals surface area contributed by atoms with Crippen LogP contribution in [0.4, 0.5) is 0 Å². The van der Waals surface area contributed by atoms with Gasteiger partial charge < -0.3 is 40.0 Å². The lowest BCUT2D eigenvalue weighted by atomic mass is 9.83. The number of benzene rings is 3. The largest absolute Gasteiger partial charge is 0.487 e. The van der Waals surface area contributed by atoms with Gasteiger partial charge in [-0.05, 0) is 47.4 Å². The van der Waals surface area contributed by atoms with Gasteiger partial charge in [-0.15, -0.1) is 0 Å². The molecule has 2 aliphatic heterocycles. The molecule has 2 heterocycles. The van der Waals surface area contributed by atoms with Gasteiger partial charge in [0.25, 0.3) is 0 Å². The SMILES string of the molecule is N=C(COc1ccc(Cc2cc(C34OCC(CO)(O3)C(O)C(O)C4O)ccc2Cl)cc1)c1ccccc1. The molecule has 0 saturated carbocycles. The number of ether oxygens (including phenoxy) is 3. The summed E-state index contributed by atoms with van der Waals surface area (Å²) in [5, 5.41) is 50.1. The zero-order valence-corrected chi connectivity index (χ0v) is 20.6. The lowest BCUT2D eigenvalue weighted by Gasteiger charge is -2.46. The summed E-state index contributed by atoms with van der Waals surface area (Å²) < 4.78 is 17.5. The van der Waals surface area contributed by atoms with E-state index in [9.17, 15) is 20.4 Å². The van der Waals surface area contributed by atoms with Gasteiger partial charge in [-0.25, -0.2) is 0 Å². The molecule has 2 bridgehead atoms. The van der Waals surface area contributed by atoms with Crippen molar-refractivity contribution in [2.75, 3.05) is 19.8 Å². The lowest BCUT2D eigenvalue weighted by Crippen LogP contribution is -2.65. The second kappa shape index (κ2) is 10.2. The van der Waals surface area contributed by atoms with Crippen molar-refractivity contribution < 1.29 is 34.6 Å². The van der Waals surface area contributed by atoms with E-state index in [1.54, 1.807) is 18.2 Å². The van der Waals surface area contributed by atoms with Crippen molar-refractivity contribution in [1.29, 1.82) is 5.41 Å². The van der Waals surface area contributed by atoms with E-state index in [1.165, 1.54) is 0 Å². The van der Waals surface area contributed by atoms with Gasteiger partial charge in [0.2, 0.25) is 5.79 Å². The number of nitrogens with one attached hydrogen (secondary N) is 1. The fourth-order valence-corrected chi connectivity index (χ4v) is 4.99. The number of rotatable bonds is 8. The first-order valence-corrected chi connectivity index (χ1v) is 12.3. The highest BCUT2D eigenvalue weighted by Crippen LogP contribution is 2.49. The van der Waals surface area contributed by atoms with E-state index < -0.39 is 36.3 Å². The summed E-state index contributed by atoms with van der Waals surface area (Å²) in [7, 11) is 0. The maximum absolute atomic E-state index is 10.8. The van der Waals surface area contributed by atoms with Crippen LogP contribution in [-0.4, -0.2) is 69.9 Å². The second-order valence-corrected chi connectivity index (χ2v) is 9.83. The van der Waals surface area contributed by atoms with Crippen molar-refractivity contribution in [3.8, 4) is 5.75 Å². The van der Waals surface area contributed by atoms with Crippen LogP contribution in [0.15, 0.2) is 72.8 Å². The molecule has 3 aromatic carbocycles. The van der Waals surface area contributed by atoms with Crippen molar-refractivity contribution in [3.05, 3.63) is 100 Å². The van der Waals surface area contributed by atoms with Gasteiger partial charge in [0.1, 0.15) is 36.3 Å². The molecule has 0 spiro atoms. The molecular weight excluding hydrogens is 498 g/mol. The Bertz CT molecular complexity index is 1270. The minimum atomic E-state index is -1.75. The van der Waals surface area contributed by atoms with Crippen LogP contribution in [0.5, 0.6) is 5.75 Å². The summed E-state index contributed by atoms with van der Waals surface area (Å²) in [5.41, 5.74) is 1.75. The van der Waals surface area contributed by atoms with Crippen molar-refractivity contribution in [2.45, 2.75) is 36.1 Å². The highest BCUT2D eigenvalue weighted by atomic mass is 35.5. The third-order valence-electron chi connectivity index (χ3n) is 7.00. The van der Waals surface area contributed by atoms with Crippen molar-refractivity contribution in [2.24, 2.45) is 0 Å². The number of aliphatic hydroxyl groups excluding tert-OH is 4. The Hall–Kier alpha value is -2.82. The molecule has 5 rings (SSSR count). The minimum Gasteiger partial charge on any atom is -0.487 e. The number of aliphatic hydroxyl groups is 4. The number of hydrogen-bond acceptors (Lipinski definition) is 8. The van der Waals surface area contributed by atoms with E-state index in [0.29, 0.717) is 28.5 Å². The Labute approximate surface area is 219 Å². The van der Waals surface area contributed by atoms with Gasteiger partial charge in [0.15, 0.2) is 0 Å². The Kier molecular flexibility index (Phi) is 7.08. The smallest absolute Gasteiger partial charge is 0.225 e. The van der Waals surface area contributed by atoms with Gasteiger partial charge in [-0.1, -0.05) is 60.1 Å². The molecule has 2 saturated heterocycles. The lowest BCUT2D eigenvalue weighted by molar-refractivity contribution is -0.329. The summed E-state index contributed by atoms with van der Waals surface area (Å²) in [6, 6.07) is 21.9. The Morgan fingerprint density at radius 3 is 2.43 bits per heavy atom. The van der Waals surface area contributed by atoms with Crippen LogP contribution in [0.3, 0.4) is 0 Å². The maximum atomic E-state index is 10.8. The fourth-order valence-electron chi connectivity index (χ4n) is 4.80. The highest BCUT2D eigenvalue weighted by Gasteiger charge is 2.67. The van der Waals surface area contributed by atoms with Gasteiger partial charge in [0.05, 0.1) is 18.9 Å². The van der Waals surface area contributed by atoms with Gasteiger partial charge in [-0.2, -0.15) is 0 Å². The van der Waals surface area contributed by atoms with E-state index >= 15 is 0 Å². The molecule has 0 amide bonds. The standard InChI is InChI=1S/C28H28ClNO7/c29-22-11-8-20(28-26(34)24(32)25(33)27(15-31,37-28)16-36-28)13-19(22)12-17-6-9-21(10-7-17)35-14-23(30)18-4-2-1-3-5-18/h1-11,13,24-26,30-34H,12,14-16H2. The molecule has 5 unspecified atom stereocenters. The normalized spacial score (nSPS) is 28.7. The van der Waals surface area contributed by atoms with Crippen LogP contribution >= 0.6 is 11.6 Å². The Morgan fingerprint density at radius 2 is 1.73 bits per heavy atom. The molecule has 9 heteroatoms. The number of halogens is 1. The minimum absolute atomic E-state index is 0.150. The zero-order valence-electron chi connectivity index (χ0n) is 19.9. The summed E-state index contributed by atoms with van der Waals surface area (Å²) in [5.74, 6) is -1.11. The summed E-state index contributed by atoms with van der Waals surface area (Å²) >= 11 is 6.48. The predicted octanol–water partition coefficient (Wildman–Crippen LogP) is 2.40. The molecule has 5 N–H and O–H groups in total. The molecule has 0 aromatic heterocycles. The van der Waals surface area contributed by atoms with E-state index in [4.69, 9.17) is 31.2 Å². The molecule has 5 atom stereocenters. The second-order valence-electron chi connectivity index (χ2n) is 9.42. The zero-order chi connectivity index (χ0) is 26.2. The molecule has 0 radical (unpaired) electrons. The average molecular weight is 526 g/mol. The highest BCUT2D eigenvalue weighted by molar-refractivity contribution is 6.31. The van der Waals surface area contributed by atoms with Crippen LogP contribution in [0.2, 0.25) is 5.02 Å². The fraction of sp³-hybridized carbons (Fsp3) is 0.321. The first-order valence-electron chi connectivity index (χ1n) is 11.9. The summed E-state index contributed by atoms with van der Waals surface area (Å²) in [6.45, 7) is -0.628. The van der Waals surface area contributed by atoms with Gasteiger partial charge in [0, 0.05) is 10.6 Å². The monoisotopic (exact) mass is 525 g/mol. The summed E-state index contributed by atoms with van der Waals surface area (Å²) in [4.78, 5) is 0. The molecule has 3 aromatic rings. The molecule has 194 valence electrons. The van der Waals surface area contributed by atoms with Crippen LogP contribution in [-0.2, 0) is 21.7 Å². The van der Waals surface area contributed by atoms with E-state index in [0.717, 1.165) is 16.7 Å². The Balaban J connectivity index is 1.31. The third kappa shape index (κ3) is 4.66. The van der Waals surface area contributed by atoms with Crippen molar-refractivity contribution in [1.82, 2.24) is 0 Å². The van der Waals surface area contributed by atoms with Crippen LogP contribution in [0, 0.1) is 5.41 Å². The third-order valence-corrected chi connectivity index (χ3v) is 7.37. The first-order chi connectivity index (χ1) is 17.8. The Morgan fingerprint density at radius 1 is 1.00 bits per heavy atom. The number of hydrogen-bond donors (Lipinski definition) is 5. The van der Waals surface area contributed by atoms with E-state index in [2.05, 4.69) is 0 Å². The number of fused-ring (bicyclic) bond motifs is 2. The predicted molar refractivity (Wildman–Crippen MR) is 136 cm³/mol.